The van der Waals surface area contributed by atoms with Crippen LogP contribution in [0.1, 0.15) is 26.2 Å². The third kappa shape index (κ3) is 10.1. The van der Waals surface area contributed by atoms with E-state index in [0.29, 0.717) is 64.9 Å². The van der Waals surface area contributed by atoms with Gasteiger partial charge in [0.05, 0.1) is 51.3 Å². The van der Waals surface area contributed by atoms with Gasteiger partial charge in [-0.3, -0.25) is 10.3 Å². The number of para-hydroxylation sites is 2. The van der Waals surface area contributed by atoms with Gasteiger partial charge in [-0.2, -0.15) is 10.8 Å². The lowest BCUT2D eigenvalue weighted by atomic mass is 10.1. The summed E-state index contributed by atoms with van der Waals surface area (Å²) in [6, 6.07) is 9.99. The highest BCUT2D eigenvalue weighted by molar-refractivity contribution is 5.83. The minimum Gasteiger partial charge on any atom is -0.495 e. The van der Waals surface area contributed by atoms with E-state index in [-0.39, 0.29) is 6.04 Å². The van der Waals surface area contributed by atoms with Crippen LogP contribution in [0.4, 0.5) is 5.69 Å². The van der Waals surface area contributed by atoms with Gasteiger partial charge >= 0.3 is 0 Å². The number of nitrogens with one attached hydrogen (secondary N) is 2. The van der Waals surface area contributed by atoms with Gasteiger partial charge in [-0.25, -0.2) is 5.01 Å². The molecule has 1 aromatic rings. The lowest BCUT2D eigenvalue weighted by molar-refractivity contribution is 0.0133. The molecule has 1 atom stereocenters. The highest BCUT2D eigenvalue weighted by Gasteiger charge is 2.27. The zero-order chi connectivity index (χ0) is 26.0. The Hall–Kier alpha value is -2.78. The Balaban J connectivity index is 1.59. The molecule has 2 rings (SSSR count). The lowest BCUT2D eigenvalue weighted by Crippen LogP contribution is -2.54. The first-order valence-corrected chi connectivity index (χ1v) is 12.6. The average molecular weight is 504 g/mol. The standard InChI is InChI=1S/C25H41N7O4/c1-22(30-12-14-31(15-13-30)23-8-3-4-9-24(23)33-2)25(27)32(29-28)11-7-17-35-19-21-36-20-18-34-16-6-5-10-26/h3-4,8-9,22,27-28H,5-7,11-21H2,1-2H3. The van der Waals surface area contributed by atoms with Crippen LogP contribution < -0.4 is 9.64 Å². The quantitative estimate of drug-likeness (QED) is 0.103. The Morgan fingerprint density at radius 1 is 1.03 bits per heavy atom. The van der Waals surface area contributed by atoms with E-state index in [2.05, 4.69) is 27.2 Å². The fraction of sp³-hybridized carbons (Fsp3) is 0.680. The second-order valence-electron chi connectivity index (χ2n) is 8.43. The Morgan fingerprint density at radius 2 is 1.64 bits per heavy atom. The van der Waals surface area contributed by atoms with E-state index in [4.69, 9.17) is 35.1 Å². The van der Waals surface area contributed by atoms with E-state index in [0.717, 1.165) is 44.0 Å². The average Bonchev–Trinajstić information content (AvgIpc) is 2.92. The number of benzene rings is 1. The second kappa shape index (κ2) is 17.6. The van der Waals surface area contributed by atoms with Crippen molar-refractivity contribution < 1.29 is 18.9 Å². The van der Waals surface area contributed by atoms with Crippen molar-refractivity contribution in [2.45, 2.75) is 32.2 Å². The molecule has 0 amide bonds. The summed E-state index contributed by atoms with van der Waals surface area (Å²) >= 11 is 0. The summed E-state index contributed by atoms with van der Waals surface area (Å²) in [5, 5.41) is 22.1. The van der Waals surface area contributed by atoms with Gasteiger partial charge in [0.25, 0.3) is 0 Å². The zero-order valence-corrected chi connectivity index (χ0v) is 21.7. The maximum Gasteiger partial charge on any atom is 0.142 e. The first-order valence-electron chi connectivity index (χ1n) is 12.6. The molecule has 1 fully saturated rings. The largest absolute Gasteiger partial charge is 0.495 e. The molecule has 1 aliphatic rings. The highest BCUT2D eigenvalue weighted by Crippen LogP contribution is 2.28. The van der Waals surface area contributed by atoms with Crippen LogP contribution in [0.15, 0.2) is 29.5 Å². The number of rotatable bonds is 18. The van der Waals surface area contributed by atoms with Crippen molar-refractivity contribution in [1.29, 1.82) is 16.2 Å². The zero-order valence-electron chi connectivity index (χ0n) is 21.7. The van der Waals surface area contributed by atoms with E-state index < -0.39 is 0 Å². The first-order chi connectivity index (χ1) is 17.6. The Bertz CT molecular complexity index is 812. The summed E-state index contributed by atoms with van der Waals surface area (Å²) in [4.78, 5) is 4.57. The van der Waals surface area contributed by atoms with E-state index in [1.54, 1.807) is 7.11 Å². The normalized spacial score (nSPS) is 14.8. The molecule has 1 saturated heterocycles. The number of hydrogen-bond acceptors (Lipinski definition) is 10. The topological polar surface area (TPSA) is 130 Å². The summed E-state index contributed by atoms with van der Waals surface area (Å²) in [7, 11) is 1.69. The van der Waals surface area contributed by atoms with Crippen molar-refractivity contribution in [1.82, 2.24) is 9.91 Å². The summed E-state index contributed by atoms with van der Waals surface area (Å²) in [6.45, 7) is 8.88. The highest BCUT2D eigenvalue weighted by atomic mass is 16.5. The van der Waals surface area contributed by atoms with Crippen molar-refractivity contribution in [3.8, 4) is 11.8 Å². The smallest absolute Gasteiger partial charge is 0.142 e. The summed E-state index contributed by atoms with van der Waals surface area (Å²) < 4.78 is 21.9. The number of amidine groups is 1. The van der Waals surface area contributed by atoms with Crippen LogP contribution in [0.2, 0.25) is 0 Å². The number of nitrogens with zero attached hydrogens (tertiary/aromatic N) is 5. The van der Waals surface area contributed by atoms with Crippen LogP contribution in [0.25, 0.3) is 0 Å². The molecular weight excluding hydrogens is 462 g/mol. The van der Waals surface area contributed by atoms with Crippen molar-refractivity contribution >= 4 is 11.5 Å². The summed E-state index contributed by atoms with van der Waals surface area (Å²) in [5.74, 6) is 1.20. The van der Waals surface area contributed by atoms with Gasteiger partial charge in [0.15, 0.2) is 0 Å². The fourth-order valence-corrected chi connectivity index (χ4v) is 3.97. The molecule has 0 aliphatic carbocycles. The SMILES string of the molecule is COc1ccccc1N1CCN(C(C)C(=N)N(CCCOCCOCCOCCCC#N)N=N)CC1. The van der Waals surface area contributed by atoms with Gasteiger partial charge in [-0.15, -0.1) is 0 Å². The fourth-order valence-electron chi connectivity index (χ4n) is 3.97. The third-order valence-electron chi connectivity index (χ3n) is 6.06. The van der Waals surface area contributed by atoms with Crippen molar-refractivity contribution in [3.63, 3.8) is 0 Å². The maximum absolute atomic E-state index is 8.58. The van der Waals surface area contributed by atoms with Gasteiger partial charge in [-0.05, 0) is 31.9 Å². The number of hydrogen-bond donors (Lipinski definition) is 2. The number of nitriles is 1. The van der Waals surface area contributed by atoms with Gasteiger partial charge in [0.1, 0.15) is 11.6 Å². The molecule has 0 bridgehead atoms. The minimum absolute atomic E-state index is 0.129. The second-order valence-corrected chi connectivity index (χ2v) is 8.43. The van der Waals surface area contributed by atoms with E-state index >= 15 is 0 Å². The van der Waals surface area contributed by atoms with E-state index in [1.807, 2.05) is 25.1 Å². The molecule has 1 aromatic carbocycles. The predicted octanol–water partition coefficient (Wildman–Crippen LogP) is 3.17. The van der Waals surface area contributed by atoms with Gasteiger partial charge in [0.2, 0.25) is 0 Å². The number of unbranched alkanes of at least 4 members (excludes halogenated alkanes) is 1. The molecule has 0 spiro atoms. The van der Waals surface area contributed by atoms with Crippen molar-refractivity contribution in [2.24, 2.45) is 5.22 Å². The number of ether oxygens (including phenoxy) is 4. The number of methoxy groups -OCH3 is 1. The van der Waals surface area contributed by atoms with Crippen LogP contribution in [0, 0.1) is 22.3 Å². The Kier molecular flexibility index (Phi) is 14.4. The van der Waals surface area contributed by atoms with Crippen LogP contribution in [0.3, 0.4) is 0 Å². The van der Waals surface area contributed by atoms with Crippen LogP contribution >= 0.6 is 0 Å². The van der Waals surface area contributed by atoms with Gasteiger partial charge in [-0.1, -0.05) is 17.4 Å². The van der Waals surface area contributed by atoms with Crippen molar-refractivity contribution in [2.75, 3.05) is 84.4 Å². The third-order valence-corrected chi connectivity index (χ3v) is 6.06. The molecule has 0 aromatic heterocycles. The molecule has 1 unspecified atom stereocenters. The molecule has 2 N–H and O–H groups in total. The molecule has 1 heterocycles. The predicted molar refractivity (Wildman–Crippen MR) is 138 cm³/mol. The van der Waals surface area contributed by atoms with Gasteiger partial charge < -0.3 is 23.8 Å². The molecular formula is C25H41N7O4. The Labute approximate surface area is 214 Å². The Morgan fingerprint density at radius 3 is 2.25 bits per heavy atom. The van der Waals surface area contributed by atoms with Crippen molar-refractivity contribution in [3.05, 3.63) is 24.3 Å². The molecule has 200 valence electrons. The maximum atomic E-state index is 8.58. The molecule has 11 heteroatoms. The molecule has 0 radical (unpaired) electrons. The molecule has 0 saturated carbocycles. The molecule has 36 heavy (non-hydrogen) atoms. The summed E-state index contributed by atoms with van der Waals surface area (Å²) in [5.41, 5.74) is 8.63. The number of piperazine rings is 1. The van der Waals surface area contributed by atoms with Gasteiger partial charge in [0, 0.05) is 52.4 Å². The van der Waals surface area contributed by atoms with Crippen LogP contribution in [-0.4, -0.2) is 101 Å². The lowest BCUT2D eigenvalue weighted by Gasteiger charge is -2.40. The monoisotopic (exact) mass is 503 g/mol. The minimum atomic E-state index is -0.129. The summed E-state index contributed by atoms with van der Waals surface area (Å²) in [6.07, 6.45) is 1.93. The van der Waals surface area contributed by atoms with E-state index in [9.17, 15) is 0 Å². The molecule has 11 nitrogen and oxygen atoms in total. The first kappa shape index (κ1) is 29.5. The van der Waals surface area contributed by atoms with Crippen LogP contribution in [0.5, 0.6) is 5.75 Å². The molecule has 1 aliphatic heterocycles. The van der Waals surface area contributed by atoms with E-state index in [1.165, 1.54) is 5.01 Å². The van der Waals surface area contributed by atoms with Crippen LogP contribution in [-0.2, 0) is 14.2 Å². The number of anilines is 1.